The number of anilines is 1. The molecule has 2 aromatic heterocycles. The van der Waals surface area contributed by atoms with Crippen molar-refractivity contribution in [1.29, 1.82) is 5.26 Å². The van der Waals surface area contributed by atoms with Crippen LogP contribution in [0.25, 0.3) is 16.7 Å². The number of hydrogen-bond acceptors (Lipinski definition) is 4. The Kier molecular flexibility index (Phi) is 5.24. The molecule has 4 rings (SSSR count). The molecule has 0 unspecified atom stereocenters. The SMILES string of the molecule is CCc1c(C)c(C#N)c2nc3ccccc3n2c1N/N=C/c1ccc(C(C)C)cc1. The maximum absolute atomic E-state index is 9.79. The summed E-state index contributed by atoms with van der Waals surface area (Å²) >= 11 is 0. The number of benzene rings is 2. The molecule has 0 aliphatic carbocycles. The van der Waals surface area contributed by atoms with Crippen LogP contribution in [-0.2, 0) is 6.42 Å². The molecule has 1 N–H and O–H groups in total. The lowest BCUT2D eigenvalue weighted by atomic mass is 10.0. The number of nitrogens with one attached hydrogen (secondary N) is 1. The molecule has 30 heavy (non-hydrogen) atoms. The third kappa shape index (κ3) is 3.31. The average Bonchev–Trinajstić information content (AvgIpc) is 3.13. The Morgan fingerprint density at radius 1 is 1.17 bits per heavy atom. The van der Waals surface area contributed by atoms with Gasteiger partial charge < -0.3 is 0 Å². The van der Waals surface area contributed by atoms with E-state index in [9.17, 15) is 5.26 Å². The predicted molar refractivity (Wildman–Crippen MR) is 123 cm³/mol. The Bertz CT molecular complexity index is 1290. The lowest BCUT2D eigenvalue weighted by molar-refractivity contribution is 0.866. The minimum atomic E-state index is 0.505. The first kappa shape index (κ1) is 19.7. The van der Waals surface area contributed by atoms with Crippen molar-refractivity contribution in [3.8, 4) is 6.07 Å². The van der Waals surface area contributed by atoms with Crippen molar-refractivity contribution in [1.82, 2.24) is 9.38 Å². The molecule has 0 aliphatic rings. The van der Waals surface area contributed by atoms with Crippen LogP contribution in [0, 0.1) is 18.3 Å². The fraction of sp³-hybridized carbons (Fsp3) is 0.240. The maximum atomic E-state index is 9.79. The molecule has 0 atom stereocenters. The molecule has 0 saturated heterocycles. The second-order valence-electron chi connectivity index (χ2n) is 7.74. The van der Waals surface area contributed by atoms with E-state index in [0.29, 0.717) is 17.1 Å². The molecule has 0 fully saturated rings. The van der Waals surface area contributed by atoms with Gasteiger partial charge in [-0.05, 0) is 53.6 Å². The monoisotopic (exact) mass is 395 g/mol. The molecule has 0 saturated carbocycles. The zero-order chi connectivity index (χ0) is 21.3. The first-order chi connectivity index (χ1) is 14.5. The van der Waals surface area contributed by atoms with Gasteiger partial charge in [0.2, 0.25) is 0 Å². The number of rotatable bonds is 5. The molecular weight excluding hydrogens is 370 g/mol. The molecule has 0 bridgehead atoms. The van der Waals surface area contributed by atoms with E-state index in [4.69, 9.17) is 4.98 Å². The van der Waals surface area contributed by atoms with Gasteiger partial charge in [0.25, 0.3) is 0 Å². The molecule has 0 amide bonds. The molecule has 0 radical (unpaired) electrons. The fourth-order valence-electron chi connectivity index (χ4n) is 3.87. The summed E-state index contributed by atoms with van der Waals surface area (Å²) in [6, 6.07) is 18.7. The first-order valence-electron chi connectivity index (χ1n) is 10.3. The molecule has 4 aromatic rings. The average molecular weight is 396 g/mol. The molecule has 0 spiro atoms. The van der Waals surface area contributed by atoms with E-state index in [1.807, 2.05) is 41.8 Å². The van der Waals surface area contributed by atoms with Gasteiger partial charge in [0.05, 0.1) is 22.8 Å². The van der Waals surface area contributed by atoms with Crippen LogP contribution < -0.4 is 5.43 Å². The lowest BCUT2D eigenvalue weighted by Gasteiger charge is -2.15. The predicted octanol–water partition coefficient (Wildman–Crippen LogP) is 5.80. The van der Waals surface area contributed by atoms with Crippen LogP contribution in [0.2, 0.25) is 0 Å². The highest BCUT2D eigenvalue weighted by Crippen LogP contribution is 2.31. The minimum Gasteiger partial charge on any atom is -0.276 e. The number of pyridine rings is 1. The van der Waals surface area contributed by atoms with Crippen molar-refractivity contribution in [2.75, 3.05) is 5.43 Å². The largest absolute Gasteiger partial charge is 0.276 e. The maximum Gasteiger partial charge on any atom is 0.157 e. The number of nitrogens with zero attached hydrogens (tertiary/aromatic N) is 4. The smallest absolute Gasteiger partial charge is 0.157 e. The van der Waals surface area contributed by atoms with Crippen LogP contribution in [0.3, 0.4) is 0 Å². The number of fused-ring (bicyclic) bond motifs is 3. The number of para-hydroxylation sites is 2. The number of imidazole rings is 1. The molecule has 150 valence electrons. The summed E-state index contributed by atoms with van der Waals surface area (Å²) in [4.78, 5) is 4.72. The van der Waals surface area contributed by atoms with Crippen LogP contribution >= 0.6 is 0 Å². The second kappa shape index (κ2) is 8.00. The van der Waals surface area contributed by atoms with Gasteiger partial charge in [-0.3, -0.25) is 9.83 Å². The Hall–Kier alpha value is -3.65. The highest BCUT2D eigenvalue weighted by Gasteiger charge is 2.19. The Labute approximate surface area is 176 Å². The van der Waals surface area contributed by atoms with Gasteiger partial charge >= 0.3 is 0 Å². The summed E-state index contributed by atoms with van der Waals surface area (Å²) in [5.41, 5.74) is 10.7. The van der Waals surface area contributed by atoms with E-state index >= 15 is 0 Å². The molecule has 0 aliphatic heterocycles. The van der Waals surface area contributed by atoms with Crippen LogP contribution in [0.1, 0.15) is 54.5 Å². The number of hydrazone groups is 1. The topological polar surface area (TPSA) is 65.5 Å². The van der Waals surface area contributed by atoms with Crippen molar-refractivity contribution in [2.45, 2.75) is 40.0 Å². The Morgan fingerprint density at radius 2 is 1.90 bits per heavy atom. The van der Waals surface area contributed by atoms with E-state index in [2.05, 4.69) is 61.6 Å². The van der Waals surface area contributed by atoms with Gasteiger partial charge in [0.1, 0.15) is 11.9 Å². The standard InChI is InChI=1S/C25H25N5/c1-5-20-17(4)21(14-26)24-28-22-8-6-7-9-23(22)30(24)25(20)29-27-15-18-10-12-19(13-11-18)16(2)3/h6-13,15-16,29H,5H2,1-4H3/b27-15+. The highest BCUT2D eigenvalue weighted by atomic mass is 15.3. The molecule has 5 heteroatoms. The van der Waals surface area contributed by atoms with Gasteiger partial charge in [0, 0.05) is 0 Å². The van der Waals surface area contributed by atoms with Crippen molar-refractivity contribution in [2.24, 2.45) is 5.10 Å². The fourth-order valence-corrected chi connectivity index (χ4v) is 3.87. The number of aromatic nitrogens is 2. The minimum absolute atomic E-state index is 0.505. The summed E-state index contributed by atoms with van der Waals surface area (Å²) in [6.45, 7) is 8.44. The van der Waals surface area contributed by atoms with Gasteiger partial charge in [-0.1, -0.05) is 57.2 Å². The third-order valence-corrected chi connectivity index (χ3v) is 5.57. The number of nitriles is 1. The van der Waals surface area contributed by atoms with Crippen molar-refractivity contribution >= 4 is 28.7 Å². The number of hydrogen-bond donors (Lipinski definition) is 1. The van der Waals surface area contributed by atoms with Crippen LogP contribution in [-0.4, -0.2) is 15.6 Å². The normalized spacial score (nSPS) is 11.6. The van der Waals surface area contributed by atoms with Crippen LogP contribution in [0.5, 0.6) is 0 Å². The second-order valence-corrected chi connectivity index (χ2v) is 7.74. The van der Waals surface area contributed by atoms with E-state index in [0.717, 1.165) is 40.0 Å². The zero-order valence-electron chi connectivity index (χ0n) is 17.8. The molecular formula is C25H25N5. The van der Waals surface area contributed by atoms with Crippen molar-refractivity contribution in [3.63, 3.8) is 0 Å². The Balaban J connectivity index is 1.82. The van der Waals surface area contributed by atoms with E-state index < -0.39 is 0 Å². The van der Waals surface area contributed by atoms with E-state index in [1.54, 1.807) is 0 Å². The van der Waals surface area contributed by atoms with Gasteiger partial charge in [-0.25, -0.2) is 4.98 Å². The summed E-state index contributed by atoms with van der Waals surface area (Å²) in [5.74, 6) is 1.36. The van der Waals surface area contributed by atoms with Crippen LogP contribution in [0.4, 0.5) is 5.82 Å². The van der Waals surface area contributed by atoms with Gasteiger partial charge in [-0.2, -0.15) is 10.4 Å². The first-order valence-corrected chi connectivity index (χ1v) is 10.3. The quantitative estimate of drug-likeness (QED) is 0.343. The van der Waals surface area contributed by atoms with Crippen LogP contribution in [0.15, 0.2) is 53.6 Å². The highest BCUT2D eigenvalue weighted by molar-refractivity contribution is 5.86. The summed E-state index contributed by atoms with van der Waals surface area (Å²) in [6.07, 6.45) is 2.60. The Morgan fingerprint density at radius 3 is 2.57 bits per heavy atom. The van der Waals surface area contributed by atoms with Crippen molar-refractivity contribution < 1.29 is 0 Å². The van der Waals surface area contributed by atoms with Crippen molar-refractivity contribution in [3.05, 3.63) is 76.3 Å². The molecule has 2 heterocycles. The van der Waals surface area contributed by atoms with Gasteiger partial charge in [-0.15, -0.1) is 0 Å². The molecule has 5 nitrogen and oxygen atoms in total. The zero-order valence-corrected chi connectivity index (χ0v) is 17.8. The summed E-state index contributed by atoms with van der Waals surface area (Å²) < 4.78 is 2.01. The van der Waals surface area contributed by atoms with Gasteiger partial charge in [0.15, 0.2) is 5.65 Å². The summed E-state index contributed by atoms with van der Waals surface area (Å²) in [7, 11) is 0. The molecule has 2 aromatic carbocycles. The lowest BCUT2D eigenvalue weighted by Crippen LogP contribution is -2.07. The van der Waals surface area contributed by atoms with E-state index in [1.165, 1.54) is 5.56 Å². The summed E-state index contributed by atoms with van der Waals surface area (Å²) in [5, 5.41) is 14.3. The van der Waals surface area contributed by atoms with E-state index in [-0.39, 0.29) is 0 Å². The third-order valence-electron chi connectivity index (χ3n) is 5.57.